The number of nitrogens with zero attached hydrogens (tertiary/aromatic N) is 1. The molecule has 140 valence electrons. The van der Waals surface area contributed by atoms with Crippen molar-refractivity contribution in [3.8, 4) is 0 Å². The molecule has 0 aliphatic heterocycles. The van der Waals surface area contributed by atoms with Crippen LogP contribution in [0.1, 0.15) is 35.8 Å². The van der Waals surface area contributed by atoms with Crippen LogP contribution in [0.2, 0.25) is 5.02 Å². The number of methoxy groups -OCH3 is 1. The Balaban J connectivity index is 1.88. The smallest absolute Gasteiger partial charge is 0.309 e. The minimum atomic E-state index is -0.343. The number of anilines is 1. The highest BCUT2D eigenvalue weighted by atomic mass is 35.5. The van der Waals surface area contributed by atoms with Crippen LogP contribution in [-0.4, -0.2) is 23.6 Å². The minimum absolute atomic E-state index is 0.131. The third kappa shape index (κ3) is 3.98. The Morgan fingerprint density at radius 2 is 1.93 bits per heavy atom. The molecule has 1 N–H and O–H groups in total. The molecule has 1 heterocycles. The average molecular weight is 385 g/mol. The topological polar surface area (TPSA) is 60.3 Å². The predicted octanol–water partition coefficient (Wildman–Crippen LogP) is 4.84. The van der Waals surface area contributed by atoms with Gasteiger partial charge in [-0.3, -0.25) is 9.59 Å². The summed E-state index contributed by atoms with van der Waals surface area (Å²) in [5.41, 5.74) is 2.82. The summed E-state index contributed by atoms with van der Waals surface area (Å²) < 4.78 is 6.73. The monoisotopic (exact) mass is 384 g/mol. The molecule has 5 nitrogen and oxygen atoms in total. The van der Waals surface area contributed by atoms with E-state index in [4.69, 9.17) is 11.6 Å². The van der Waals surface area contributed by atoms with Gasteiger partial charge in [0, 0.05) is 23.1 Å². The molecule has 0 saturated carbocycles. The third-order valence-corrected chi connectivity index (χ3v) is 4.71. The van der Waals surface area contributed by atoms with Crippen LogP contribution in [0.3, 0.4) is 0 Å². The van der Waals surface area contributed by atoms with Gasteiger partial charge in [-0.05, 0) is 37.6 Å². The summed E-state index contributed by atoms with van der Waals surface area (Å²) in [4.78, 5) is 24.3. The van der Waals surface area contributed by atoms with E-state index in [-0.39, 0.29) is 24.3 Å². The second-order valence-corrected chi connectivity index (χ2v) is 6.99. The van der Waals surface area contributed by atoms with Gasteiger partial charge >= 0.3 is 5.97 Å². The molecule has 0 atom stereocenters. The fourth-order valence-corrected chi connectivity index (χ4v) is 3.26. The molecule has 0 unspecified atom stereocenters. The van der Waals surface area contributed by atoms with Gasteiger partial charge in [-0.2, -0.15) is 0 Å². The van der Waals surface area contributed by atoms with Crippen LogP contribution < -0.4 is 5.32 Å². The minimum Gasteiger partial charge on any atom is -0.469 e. The molecule has 0 fully saturated rings. The van der Waals surface area contributed by atoms with Crippen molar-refractivity contribution >= 4 is 40.1 Å². The number of nitrogens with one attached hydrogen (secondary N) is 1. The van der Waals surface area contributed by atoms with E-state index in [1.807, 2.05) is 30.5 Å². The Morgan fingerprint density at radius 3 is 2.59 bits per heavy atom. The number of amides is 1. The number of para-hydroxylation sites is 1. The number of carbonyl (C=O) groups is 2. The molecule has 0 aliphatic rings. The number of carbonyl (C=O) groups excluding carboxylic acids is 2. The summed E-state index contributed by atoms with van der Waals surface area (Å²) in [7, 11) is 1.34. The molecule has 1 aromatic heterocycles. The number of esters is 1. The normalized spacial score (nSPS) is 11.0. The Bertz CT molecular complexity index is 1010. The van der Waals surface area contributed by atoms with Gasteiger partial charge in [-0.25, -0.2) is 0 Å². The van der Waals surface area contributed by atoms with E-state index in [9.17, 15) is 9.59 Å². The fourth-order valence-electron chi connectivity index (χ4n) is 3.01. The van der Waals surface area contributed by atoms with Crippen molar-refractivity contribution in [2.45, 2.75) is 26.3 Å². The van der Waals surface area contributed by atoms with Gasteiger partial charge < -0.3 is 14.6 Å². The Morgan fingerprint density at radius 1 is 1.19 bits per heavy atom. The number of halogens is 1. The maximum absolute atomic E-state index is 12.9. The van der Waals surface area contributed by atoms with Crippen LogP contribution in [0.25, 0.3) is 10.9 Å². The molecule has 27 heavy (non-hydrogen) atoms. The largest absolute Gasteiger partial charge is 0.469 e. The molecule has 3 rings (SSSR count). The zero-order valence-electron chi connectivity index (χ0n) is 15.5. The molecule has 6 heteroatoms. The summed E-state index contributed by atoms with van der Waals surface area (Å²) >= 11 is 6.29. The predicted molar refractivity (Wildman–Crippen MR) is 107 cm³/mol. The molecule has 0 bridgehead atoms. The lowest BCUT2D eigenvalue weighted by atomic mass is 10.1. The van der Waals surface area contributed by atoms with E-state index >= 15 is 0 Å². The maximum atomic E-state index is 12.9. The first-order valence-electron chi connectivity index (χ1n) is 8.67. The molecule has 0 saturated heterocycles. The van der Waals surface area contributed by atoms with Gasteiger partial charge in [0.25, 0.3) is 5.91 Å². The number of ether oxygens (including phenoxy) is 1. The Labute approximate surface area is 162 Å². The zero-order chi connectivity index (χ0) is 19.6. The lowest BCUT2D eigenvalue weighted by Gasteiger charge is -2.09. The van der Waals surface area contributed by atoms with Crippen LogP contribution in [0.15, 0.2) is 48.7 Å². The summed E-state index contributed by atoms with van der Waals surface area (Å²) in [6.07, 6.45) is 2.00. The van der Waals surface area contributed by atoms with Crippen molar-refractivity contribution in [2.75, 3.05) is 12.4 Å². The highest BCUT2D eigenvalue weighted by molar-refractivity contribution is 6.34. The van der Waals surface area contributed by atoms with E-state index in [0.717, 1.165) is 16.5 Å². The fraction of sp³-hybridized carbons (Fsp3) is 0.238. The molecule has 2 aromatic carbocycles. The molecule has 0 radical (unpaired) electrons. The molecule has 0 aliphatic carbocycles. The van der Waals surface area contributed by atoms with E-state index in [2.05, 4.69) is 28.5 Å². The SMILES string of the molecule is COC(=O)Cc1ccc(NC(=O)c2cn(C(C)C)c3ccccc23)c(Cl)c1. The lowest BCUT2D eigenvalue weighted by Crippen LogP contribution is -2.12. The zero-order valence-corrected chi connectivity index (χ0v) is 16.2. The van der Waals surface area contributed by atoms with Crippen molar-refractivity contribution in [3.63, 3.8) is 0 Å². The average Bonchev–Trinajstić information content (AvgIpc) is 3.04. The van der Waals surface area contributed by atoms with Crippen LogP contribution in [0.4, 0.5) is 5.69 Å². The maximum Gasteiger partial charge on any atom is 0.309 e. The number of aromatic nitrogens is 1. The highest BCUT2D eigenvalue weighted by Crippen LogP contribution is 2.28. The van der Waals surface area contributed by atoms with Crippen molar-refractivity contribution in [1.82, 2.24) is 4.57 Å². The lowest BCUT2D eigenvalue weighted by molar-refractivity contribution is -0.139. The Hall–Kier alpha value is -2.79. The van der Waals surface area contributed by atoms with E-state index in [1.165, 1.54) is 7.11 Å². The van der Waals surface area contributed by atoms with Crippen LogP contribution in [-0.2, 0) is 16.0 Å². The third-order valence-electron chi connectivity index (χ3n) is 4.40. The van der Waals surface area contributed by atoms with Crippen molar-refractivity contribution in [2.24, 2.45) is 0 Å². The molecule has 0 spiro atoms. The van der Waals surface area contributed by atoms with Gasteiger partial charge in [-0.1, -0.05) is 35.9 Å². The summed E-state index contributed by atoms with van der Waals surface area (Å²) in [5.74, 6) is -0.572. The van der Waals surface area contributed by atoms with Crippen LogP contribution >= 0.6 is 11.6 Å². The van der Waals surface area contributed by atoms with Crippen LogP contribution in [0, 0.1) is 0 Å². The first kappa shape index (κ1) is 19.0. The number of hydrogen-bond acceptors (Lipinski definition) is 3. The van der Waals surface area contributed by atoms with Gasteiger partial charge in [0.05, 0.1) is 29.8 Å². The molecule has 3 aromatic rings. The number of hydrogen-bond donors (Lipinski definition) is 1. The van der Waals surface area contributed by atoms with Crippen molar-refractivity contribution < 1.29 is 14.3 Å². The summed E-state index contributed by atoms with van der Waals surface area (Å²) in [6.45, 7) is 4.15. The van der Waals surface area contributed by atoms with E-state index in [1.54, 1.807) is 18.2 Å². The van der Waals surface area contributed by atoms with Gasteiger partial charge in [0.1, 0.15) is 0 Å². The summed E-state index contributed by atoms with van der Waals surface area (Å²) in [6, 6.07) is 13.1. The van der Waals surface area contributed by atoms with Gasteiger partial charge in [0.15, 0.2) is 0 Å². The quantitative estimate of drug-likeness (QED) is 0.640. The van der Waals surface area contributed by atoms with E-state index < -0.39 is 0 Å². The Kier molecular flexibility index (Phi) is 5.51. The van der Waals surface area contributed by atoms with E-state index in [0.29, 0.717) is 16.3 Å². The number of benzene rings is 2. The number of fused-ring (bicyclic) bond motifs is 1. The molecule has 1 amide bonds. The van der Waals surface area contributed by atoms with Gasteiger partial charge in [0.2, 0.25) is 0 Å². The highest BCUT2D eigenvalue weighted by Gasteiger charge is 2.17. The second-order valence-electron chi connectivity index (χ2n) is 6.58. The van der Waals surface area contributed by atoms with Crippen molar-refractivity contribution in [1.29, 1.82) is 0 Å². The van der Waals surface area contributed by atoms with Crippen molar-refractivity contribution in [3.05, 3.63) is 64.8 Å². The molecular formula is C21H21ClN2O3. The first-order chi connectivity index (χ1) is 12.9. The summed E-state index contributed by atoms with van der Waals surface area (Å²) in [5, 5.41) is 4.13. The second kappa shape index (κ2) is 7.84. The molecular weight excluding hydrogens is 364 g/mol. The number of rotatable bonds is 5. The standard InChI is InChI=1S/C21H21ClN2O3/c1-13(2)24-12-16(15-6-4-5-7-19(15)24)21(26)23-18-9-8-14(10-17(18)22)11-20(25)27-3/h4-10,12-13H,11H2,1-3H3,(H,23,26). The first-order valence-corrected chi connectivity index (χ1v) is 9.04. The van der Waals surface area contributed by atoms with Gasteiger partial charge in [-0.15, -0.1) is 0 Å². The van der Waals surface area contributed by atoms with Crippen LogP contribution in [0.5, 0.6) is 0 Å².